The highest BCUT2D eigenvalue weighted by molar-refractivity contribution is 6.30. The molecular weight excluding hydrogens is 314 g/mol. The van der Waals surface area contributed by atoms with E-state index in [9.17, 15) is 9.59 Å². The van der Waals surface area contributed by atoms with Crippen molar-refractivity contribution in [2.24, 2.45) is 0 Å². The first-order chi connectivity index (χ1) is 11.0. The minimum absolute atomic E-state index is 0.00168. The van der Waals surface area contributed by atoms with Crippen molar-refractivity contribution in [3.05, 3.63) is 59.4 Å². The van der Waals surface area contributed by atoms with E-state index in [-0.39, 0.29) is 18.4 Å². The minimum Gasteiger partial charge on any atom is -0.336 e. The molecule has 2 aromatic rings. The van der Waals surface area contributed by atoms with Crippen LogP contribution < -0.4 is 5.32 Å². The molecule has 0 radical (unpaired) electrons. The smallest absolute Gasteiger partial charge is 0.243 e. The average Bonchev–Trinajstić information content (AvgIpc) is 2.53. The average molecular weight is 332 g/mol. The summed E-state index contributed by atoms with van der Waals surface area (Å²) < 4.78 is 0. The molecule has 5 nitrogen and oxygen atoms in total. The van der Waals surface area contributed by atoms with E-state index >= 15 is 0 Å². The maximum absolute atomic E-state index is 12.1. The highest BCUT2D eigenvalue weighted by atomic mass is 35.5. The molecule has 0 aliphatic carbocycles. The summed E-state index contributed by atoms with van der Waals surface area (Å²) in [7, 11) is 1.62. The summed E-state index contributed by atoms with van der Waals surface area (Å²) in [6, 6.07) is 10.6. The molecule has 1 aromatic carbocycles. The molecule has 0 atom stereocenters. The van der Waals surface area contributed by atoms with Crippen LogP contribution in [0, 0.1) is 0 Å². The van der Waals surface area contributed by atoms with Crippen molar-refractivity contribution in [3.8, 4) is 0 Å². The summed E-state index contributed by atoms with van der Waals surface area (Å²) in [6.07, 6.45) is 4.37. The van der Waals surface area contributed by atoms with Crippen LogP contribution in [0.3, 0.4) is 0 Å². The lowest BCUT2D eigenvalue weighted by molar-refractivity contribution is -0.133. The molecule has 0 fully saturated rings. The Labute approximate surface area is 140 Å². The molecule has 2 amide bonds. The van der Waals surface area contributed by atoms with E-state index in [1.54, 1.807) is 43.7 Å². The number of rotatable bonds is 6. The first-order valence-corrected chi connectivity index (χ1v) is 7.60. The third-order valence-corrected chi connectivity index (χ3v) is 3.53. The number of likely N-dealkylation sites (N-methyl/N-ethyl adjacent to an activating group) is 1. The maximum atomic E-state index is 12.1. The minimum atomic E-state index is -0.257. The van der Waals surface area contributed by atoms with Crippen molar-refractivity contribution >= 4 is 29.1 Å². The molecule has 1 heterocycles. The van der Waals surface area contributed by atoms with Gasteiger partial charge in [-0.1, -0.05) is 17.7 Å². The number of carbonyl (C=O) groups is 2. The maximum Gasteiger partial charge on any atom is 0.243 e. The number of nitrogens with one attached hydrogen (secondary N) is 1. The Balaban J connectivity index is 1.79. The quantitative estimate of drug-likeness (QED) is 0.885. The second-order valence-corrected chi connectivity index (χ2v) is 5.60. The van der Waals surface area contributed by atoms with Crippen molar-refractivity contribution in [1.82, 2.24) is 9.88 Å². The van der Waals surface area contributed by atoms with Gasteiger partial charge in [0, 0.05) is 36.6 Å². The first-order valence-electron chi connectivity index (χ1n) is 7.23. The molecule has 0 unspecified atom stereocenters. The van der Waals surface area contributed by atoms with Gasteiger partial charge in [0.25, 0.3) is 0 Å². The van der Waals surface area contributed by atoms with Gasteiger partial charge in [-0.25, -0.2) is 0 Å². The van der Waals surface area contributed by atoms with Crippen molar-refractivity contribution in [1.29, 1.82) is 0 Å². The van der Waals surface area contributed by atoms with Crippen molar-refractivity contribution in [2.45, 2.75) is 12.8 Å². The van der Waals surface area contributed by atoms with Crippen LogP contribution in [-0.4, -0.2) is 35.3 Å². The van der Waals surface area contributed by atoms with E-state index in [1.807, 2.05) is 12.1 Å². The fraction of sp³-hybridized carbons (Fsp3) is 0.235. The van der Waals surface area contributed by atoms with Crippen LogP contribution >= 0.6 is 11.6 Å². The van der Waals surface area contributed by atoms with E-state index < -0.39 is 0 Å². The van der Waals surface area contributed by atoms with Gasteiger partial charge in [-0.2, -0.15) is 0 Å². The molecular formula is C17H18ClN3O2. The highest BCUT2D eigenvalue weighted by Gasteiger charge is 2.13. The van der Waals surface area contributed by atoms with Crippen LogP contribution in [0.4, 0.5) is 5.69 Å². The van der Waals surface area contributed by atoms with Gasteiger partial charge < -0.3 is 10.2 Å². The van der Waals surface area contributed by atoms with Crippen molar-refractivity contribution in [2.75, 3.05) is 18.9 Å². The number of benzene rings is 1. The Morgan fingerprint density at radius 2 is 1.96 bits per heavy atom. The third-order valence-electron chi connectivity index (χ3n) is 3.29. The molecule has 0 aliphatic rings. The van der Waals surface area contributed by atoms with E-state index in [4.69, 9.17) is 11.6 Å². The Hall–Kier alpha value is -2.40. The molecule has 6 heteroatoms. The van der Waals surface area contributed by atoms with Gasteiger partial charge in [-0.15, -0.1) is 0 Å². The topological polar surface area (TPSA) is 62.3 Å². The molecule has 1 N–H and O–H groups in total. The van der Waals surface area contributed by atoms with E-state index in [0.29, 0.717) is 23.6 Å². The molecule has 23 heavy (non-hydrogen) atoms. The molecule has 0 saturated heterocycles. The Morgan fingerprint density at radius 1 is 1.22 bits per heavy atom. The zero-order valence-corrected chi connectivity index (χ0v) is 13.6. The van der Waals surface area contributed by atoms with Crippen LogP contribution in [0.1, 0.15) is 12.0 Å². The Bertz CT molecular complexity index is 677. The Morgan fingerprint density at radius 3 is 2.65 bits per heavy atom. The molecule has 0 bridgehead atoms. The number of carbonyl (C=O) groups excluding carboxylic acids is 2. The largest absolute Gasteiger partial charge is 0.336 e. The molecule has 1 aromatic heterocycles. The fourth-order valence-electron chi connectivity index (χ4n) is 2.06. The number of pyridine rings is 1. The van der Waals surface area contributed by atoms with Gasteiger partial charge in [0.05, 0.1) is 6.54 Å². The fourth-order valence-corrected chi connectivity index (χ4v) is 2.25. The van der Waals surface area contributed by atoms with Gasteiger partial charge in [0.15, 0.2) is 0 Å². The lowest BCUT2D eigenvalue weighted by Gasteiger charge is -2.17. The normalized spacial score (nSPS) is 10.2. The van der Waals surface area contributed by atoms with Crippen LogP contribution in [-0.2, 0) is 16.0 Å². The number of aromatic nitrogens is 1. The standard InChI is InChI=1S/C17H18ClN3O2/c1-21(17(23)6-5-13-7-9-19-10-8-13)12-16(22)20-15-4-2-3-14(18)11-15/h2-4,7-11H,5-6,12H2,1H3,(H,20,22). The van der Waals surface area contributed by atoms with E-state index in [1.165, 1.54) is 4.90 Å². The van der Waals surface area contributed by atoms with Crippen molar-refractivity contribution in [3.63, 3.8) is 0 Å². The monoisotopic (exact) mass is 331 g/mol. The number of aryl methyl sites for hydroxylation is 1. The zero-order valence-electron chi connectivity index (χ0n) is 12.8. The summed E-state index contributed by atoms with van der Waals surface area (Å²) in [5.74, 6) is -0.338. The van der Waals surface area contributed by atoms with Gasteiger partial charge >= 0.3 is 0 Å². The molecule has 2 rings (SSSR count). The van der Waals surface area contributed by atoms with Gasteiger partial charge in [0.2, 0.25) is 11.8 Å². The second kappa shape index (κ2) is 8.29. The van der Waals surface area contributed by atoms with E-state index in [0.717, 1.165) is 5.56 Å². The number of nitrogens with zero attached hydrogens (tertiary/aromatic N) is 2. The Kier molecular flexibility index (Phi) is 6.11. The number of hydrogen-bond donors (Lipinski definition) is 1. The lowest BCUT2D eigenvalue weighted by atomic mass is 10.1. The first kappa shape index (κ1) is 17.0. The van der Waals surface area contributed by atoms with Crippen LogP contribution in [0.2, 0.25) is 5.02 Å². The SMILES string of the molecule is CN(CC(=O)Nc1cccc(Cl)c1)C(=O)CCc1ccncc1. The molecule has 0 spiro atoms. The summed E-state index contributed by atoms with van der Waals surface area (Å²) in [4.78, 5) is 29.4. The molecule has 0 aliphatic heterocycles. The number of amides is 2. The predicted molar refractivity (Wildman–Crippen MR) is 90.3 cm³/mol. The number of halogens is 1. The lowest BCUT2D eigenvalue weighted by Crippen LogP contribution is -2.35. The molecule has 120 valence electrons. The highest BCUT2D eigenvalue weighted by Crippen LogP contribution is 2.14. The van der Waals surface area contributed by atoms with Gasteiger partial charge in [-0.05, 0) is 42.3 Å². The zero-order chi connectivity index (χ0) is 16.7. The second-order valence-electron chi connectivity index (χ2n) is 5.16. The summed E-state index contributed by atoms with van der Waals surface area (Å²) >= 11 is 5.86. The molecule has 0 saturated carbocycles. The number of hydrogen-bond acceptors (Lipinski definition) is 3. The number of anilines is 1. The van der Waals surface area contributed by atoms with Crippen LogP contribution in [0.25, 0.3) is 0 Å². The third kappa shape index (κ3) is 5.71. The van der Waals surface area contributed by atoms with Crippen LogP contribution in [0.5, 0.6) is 0 Å². The van der Waals surface area contributed by atoms with Crippen molar-refractivity contribution < 1.29 is 9.59 Å². The summed E-state index contributed by atoms with van der Waals surface area (Å²) in [5.41, 5.74) is 1.66. The predicted octanol–water partition coefficient (Wildman–Crippen LogP) is 2.76. The van der Waals surface area contributed by atoms with Gasteiger partial charge in [-0.3, -0.25) is 14.6 Å². The van der Waals surface area contributed by atoms with Gasteiger partial charge in [0.1, 0.15) is 0 Å². The summed E-state index contributed by atoms with van der Waals surface area (Å²) in [6.45, 7) is 0.00168. The summed E-state index contributed by atoms with van der Waals surface area (Å²) in [5, 5.41) is 3.26. The van der Waals surface area contributed by atoms with E-state index in [2.05, 4.69) is 10.3 Å². The van der Waals surface area contributed by atoms with Crippen LogP contribution in [0.15, 0.2) is 48.8 Å².